The third-order valence-electron chi connectivity index (χ3n) is 5.14. The van der Waals surface area contributed by atoms with Crippen LogP contribution in [0.5, 0.6) is 0 Å². The molecule has 3 rings (SSSR count). The van der Waals surface area contributed by atoms with Crippen LogP contribution in [-0.4, -0.2) is 36.0 Å². The predicted molar refractivity (Wildman–Crippen MR) is 103 cm³/mol. The number of nitrogens with zero attached hydrogens (tertiary/aromatic N) is 1. The fourth-order valence-corrected chi connectivity index (χ4v) is 3.80. The second-order valence-corrected chi connectivity index (χ2v) is 7.05. The van der Waals surface area contributed by atoms with Crippen molar-refractivity contribution >= 4 is 30.7 Å². The van der Waals surface area contributed by atoms with Crippen LogP contribution in [0.4, 0.5) is 8.78 Å². The number of piperidine rings is 1. The molecule has 1 aliphatic carbocycles. The summed E-state index contributed by atoms with van der Waals surface area (Å²) in [6.07, 6.45) is 4.32. The van der Waals surface area contributed by atoms with Crippen molar-refractivity contribution in [1.29, 1.82) is 0 Å². The lowest BCUT2D eigenvalue weighted by atomic mass is 10.0. The van der Waals surface area contributed by atoms with Gasteiger partial charge in [0, 0.05) is 36.7 Å². The first kappa shape index (κ1) is 23.1. The van der Waals surface area contributed by atoms with Crippen LogP contribution in [0.1, 0.15) is 37.7 Å². The minimum absolute atomic E-state index is 0. The lowest BCUT2D eigenvalue weighted by molar-refractivity contribution is -0.125. The SMILES string of the molecule is Cl.Cl.NC1CCC(C(=O)NC2CCCN(Cc3c(F)cccc3F)C2)C1. The second kappa shape index (κ2) is 10.4. The van der Waals surface area contributed by atoms with E-state index in [1.165, 1.54) is 18.2 Å². The zero-order valence-electron chi connectivity index (χ0n) is 14.6. The number of hydrogen-bond donors (Lipinski definition) is 2. The molecule has 8 heteroatoms. The van der Waals surface area contributed by atoms with Gasteiger partial charge in [-0.2, -0.15) is 0 Å². The molecule has 3 atom stereocenters. The van der Waals surface area contributed by atoms with Crippen LogP contribution in [0.15, 0.2) is 18.2 Å². The van der Waals surface area contributed by atoms with Crippen molar-refractivity contribution in [1.82, 2.24) is 10.2 Å². The maximum atomic E-state index is 13.8. The van der Waals surface area contributed by atoms with Gasteiger partial charge in [-0.15, -0.1) is 24.8 Å². The summed E-state index contributed by atoms with van der Waals surface area (Å²) in [6, 6.07) is 4.11. The van der Waals surface area contributed by atoms with E-state index in [9.17, 15) is 13.6 Å². The van der Waals surface area contributed by atoms with E-state index in [2.05, 4.69) is 5.32 Å². The van der Waals surface area contributed by atoms with Crippen molar-refractivity contribution in [3.8, 4) is 0 Å². The molecule has 2 aliphatic rings. The molecule has 148 valence electrons. The first-order chi connectivity index (χ1) is 11.5. The molecule has 1 amide bonds. The van der Waals surface area contributed by atoms with E-state index in [1.807, 2.05) is 4.90 Å². The normalized spacial score (nSPS) is 25.9. The van der Waals surface area contributed by atoms with E-state index >= 15 is 0 Å². The van der Waals surface area contributed by atoms with Gasteiger partial charge in [0.25, 0.3) is 0 Å². The summed E-state index contributed by atoms with van der Waals surface area (Å²) in [5.41, 5.74) is 5.98. The number of hydrogen-bond acceptors (Lipinski definition) is 3. The Morgan fingerprint density at radius 2 is 1.88 bits per heavy atom. The van der Waals surface area contributed by atoms with Gasteiger partial charge in [-0.3, -0.25) is 9.69 Å². The minimum Gasteiger partial charge on any atom is -0.352 e. The molecule has 3 N–H and O–H groups in total. The number of nitrogens with one attached hydrogen (secondary N) is 1. The van der Waals surface area contributed by atoms with Crippen molar-refractivity contribution in [3.05, 3.63) is 35.4 Å². The number of benzene rings is 1. The van der Waals surface area contributed by atoms with Crippen molar-refractivity contribution in [2.45, 2.75) is 50.7 Å². The van der Waals surface area contributed by atoms with Crippen LogP contribution in [0.3, 0.4) is 0 Å². The summed E-state index contributed by atoms with van der Waals surface area (Å²) in [5.74, 6) is -0.937. The van der Waals surface area contributed by atoms with E-state index < -0.39 is 11.6 Å². The molecule has 2 fully saturated rings. The lowest BCUT2D eigenvalue weighted by Crippen LogP contribution is -2.48. The van der Waals surface area contributed by atoms with Crippen molar-refractivity contribution in [2.75, 3.05) is 13.1 Å². The Morgan fingerprint density at radius 3 is 2.50 bits per heavy atom. The van der Waals surface area contributed by atoms with Gasteiger partial charge >= 0.3 is 0 Å². The average Bonchev–Trinajstić information content (AvgIpc) is 2.98. The molecule has 3 unspecified atom stereocenters. The highest BCUT2D eigenvalue weighted by Gasteiger charge is 2.30. The van der Waals surface area contributed by atoms with Crippen LogP contribution in [0, 0.1) is 17.6 Å². The van der Waals surface area contributed by atoms with Crippen molar-refractivity contribution < 1.29 is 13.6 Å². The molecule has 1 saturated heterocycles. The summed E-state index contributed by atoms with van der Waals surface area (Å²) in [5, 5.41) is 3.10. The van der Waals surface area contributed by atoms with Crippen molar-refractivity contribution in [2.24, 2.45) is 11.7 Å². The van der Waals surface area contributed by atoms with Gasteiger partial charge in [-0.25, -0.2) is 8.78 Å². The van der Waals surface area contributed by atoms with Crippen LogP contribution >= 0.6 is 24.8 Å². The number of carbonyl (C=O) groups is 1. The smallest absolute Gasteiger partial charge is 0.223 e. The van der Waals surface area contributed by atoms with Crippen LogP contribution in [0.2, 0.25) is 0 Å². The summed E-state index contributed by atoms with van der Waals surface area (Å²) >= 11 is 0. The number of likely N-dealkylation sites (tertiary alicyclic amines) is 1. The Bertz CT molecular complexity index is 586. The molecule has 0 spiro atoms. The predicted octanol–water partition coefficient (Wildman–Crippen LogP) is 3.02. The highest BCUT2D eigenvalue weighted by molar-refractivity contribution is 5.85. The fourth-order valence-electron chi connectivity index (χ4n) is 3.80. The molecule has 26 heavy (non-hydrogen) atoms. The van der Waals surface area contributed by atoms with E-state index in [1.54, 1.807) is 0 Å². The largest absolute Gasteiger partial charge is 0.352 e. The first-order valence-corrected chi connectivity index (χ1v) is 8.74. The summed E-state index contributed by atoms with van der Waals surface area (Å²) in [7, 11) is 0. The zero-order valence-corrected chi connectivity index (χ0v) is 16.3. The molecule has 1 heterocycles. The molecule has 1 aliphatic heterocycles. The van der Waals surface area contributed by atoms with Gasteiger partial charge < -0.3 is 11.1 Å². The molecule has 0 bridgehead atoms. The van der Waals surface area contributed by atoms with Gasteiger partial charge in [-0.1, -0.05) is 6.07 Å². The van der Waals surface area contributed by atoms with Crippen LogP contribution in [0.25, 0.3) is 0 Å². The second-order valence-electron chi connectivity index (χ2n) is 7.05. The maximum Gasteiger partial charge on any atom is 0.223 e. The number of rotatable bonds is 4. The monoisotopic (exact) mass is 409 g/mol. The molecular weight excluding hydrogens is 383 g/mol. The van der Waals surface area contributed by atoms with Crippen LogP contribution in [-0.2, 0) is 11.3 Å². The molecule has 0 radical (unpaired) electrons. The number of halogens is 4. The Labute approximate surface area is 165 Å². The van der Waals surface area contributed by atoms with Crippen LogP contribution < -0.4 is 11.1 Å². The standard InChI is InChI=1S/C18H25F2N3O.2ClH/c19-16-4-1-5-17(20)15(16)11-23-8-2-3-14(10-23)22-18(24)12-6-7-13(21)9-12;;/h1,4-5,12-14H,2-3,6-11,21H2,(H,22,24);2*1H. The Hall–Kier alpha value is -0.950. The Kier molecular flexibility index (Phi) is 9.24. The molecule has 0 aromatic heterocycles. The summed E-state index contributed by atoms with van der Waals surface area (Å²) in [6.45, 7) is 1.64. The number of carbonyl (C=O) groups excluding carboxylic acids is 1. The molecule has 1 saturated carbocycles. The molecule has 1 aromatic carbocycles. The van der Waals surface area contributed by atoms with Crippen molar-refractivity contribution in [3.63, 3.8) is 0 Å². The van der Waals surface area contributed by atoms with E-state index in [4.69, 9.17) is 5.73 Å². The lowest BCUT2D eigenvalue weighted by Gasteiger charge is -2.33. The summed E-state index contributed by atoms with van der Waals surface area (Å²) in [4.78, 5) is 14.3. The highest BCUT2D eigenvalue weighted by atomic mass is 35.5. The van der Waals surface area contributed by atoms with Gasteiger partial charge in [0.05, 0.1) is 0 Å². The quantitative estimate of drug-likeness (QED) is 0.803. The fraction of sp³-hybridized carbons (Fsp3) is 0.611. The Balaban J connectivity index is 0.00000169. The number of amides is 1. The third-order valence-corrected chi connectivity index (χ3v) is 5.14. The van der Waals surface area contributed by atoms with Gasteiger partial charge in [0.15, 0.2) is 0 Å². The average molecular weight is 410 g/mol. The van der Waals surface area contributed by atoms with Gasteiger partial charge in [-0.05, 0) is 50.8 Å². The van der Waals surface area contributed by atoms with E-state index in [0.717, 1.165) is 38.6 Å². The number of nitrogens with two attached hydrogens (primary N) is 1. The molecular formula is C18H27Cl2F2N3O. The topological polar surface area (TPSA) is 58.4 Å². The van der Waals surface area contributed by atoms with Gasteiger partial charge in [0.1, 0.15) is 11.6 Å². The maximum absolute atomic E-state index is 13.8. The van der Waals surface area contributed by atoms with E-state index in [-0.39, 0.29) is 60.8 Å². The molecule has 1 aromatic rings. The van der Waals surface area contributed by atoms with Gasteiger partial charge in [0.2, 0.25) is 5.91 Å². The highest BCUT2D eigenvalue weighted by Crippen LogP contribution is 2.25. The Morgan fingerprint density at radius 1 is 1.19 bits per heavy atom. The summed E-state index contributed by atoms with van der Waals surface area (Å²) < 4.78 is 27.6. The minimum atomic E-state index is -0.513. The zero-order chi connectivity index (χ0) is 17.1. The third kappa shape index (κ3) is 5.78. The molecule has 4 nitrogen and oxygen atoms in total. The first-order valence-electron chi connectivity index (χ1n) is 8.74. The van der Waals surface area contributed by atoms with E-state index in [0.29, 0.717) is 6.54 Å².